The second-order valence-corrected chi connectivity index (χ2v) is 7.21. The molecule has 2 aromatic rings. The smallest absolute Gasteiger partial charge is 0.117 e. The summed E-state index contributed by atoms with van der Waals surface area (Å²) in [4.78, 5) is 4.92. The summed E-state index contributed by atoms with van der Waals surface area (Å²) in [5.74, 6) is 1.98. The highest BCUT2D eigenvalue weighted by atomic mass is 79.9. The third-order valence-electron chi connectivity index (χ3n) is 4.94. The third-order valence-corrected chi connectivity index (χ3v) is 5.43. The molecular weight excluding hydrogens is 314 g/mol. The van der Waals surface area contributed by atoms with Gasteiger partial charge in [-0.3, -0.25) is 0 Å². The summed E-state index contributed by atoms with van der Waals surface area (Å²) in [6.45, 7) is 3.03. The van der Waals surface area contributed by atoms with E-state index in [1.54, 1.807) is 0 Å². The Balaban J connectivity index is 2.10. The number of fused-ring (bicyclic) bond motifs is 1. The first kappa shape index (κ1) is 14.1. The number of halogens is 1. The van der Waals surface area contributed by atoms with Crippen LogP contribution in [0.25, 0.3) is 11.0 Å². The predicted molar refractivity (Wildman–Crippen MR) is 86.8 cm³/mol. The molecule has 1 aliphatic carbocycles. The molecule has 0 radical (unpaired) electrons. The Hall–Kier alpha value is -0.870. The molecule has 3 rings (SSSR count). The first-order valence-electron chi connectivity index (χ1n) is 7.38. The number of hydrogen-bond donors (Lipinski definition) is 1. The van der Waals surface area contributed by atoms with Crippen LogP contribution in [-0.4, -0.2) is 16.1 Å². The van der Waals surface area contributed by atoms with Crippen molar-refractivity contribution < 1.29 is 0 Å². The normalized spacial score (nSPS) is 27.1. The molecule has 2 N–H and O–H groups in total. The highest BCUT2D eigenvalue weighted by molar-refractivity contribution is 9.10. The molecule has 1 heterocycles. The van der Waals surface area contributed by atoms with Crippen molar-refractivity contribution in [2.45, 2.75) is 38.0 Å². The van der Waals surface area contributed by atoms with Crippen molar-refractivity contribution in [1.29, 1.82) is 0 Å². The Labute approximate surface area is 128 Å². The number of hydrogen-bond acceptors (Lipinski definition) is 2. The van der Waals surface area contributed by atoms with Crippen molar-refractivity contribution in [2.24, 2.45) is 18.7 Å². The fourth-order valence-corrected chi connectivity index (χ4v) is 3.83. The van der Waals surface area contributed by atoms with E-state index in [1.165, 1.54) is 24.2 Å². The number of aromatic nitrogens is 2. The van der Waals surface area contributed by atoms with E-state index in [2.05, 4.69) is 52.7 Å². The second-order valence-electron chi connectivity index (χ2n) is 6.29. The van der Waals surface area contributed by atoms with Crippen molar-refractivity contribution in [3.63, 3.8) is 0 Å². The van der Waals surface area contributed by atoms with Gasteiger partial charge in [-0.2, -0.15) is 0 Å². The quantitative estimate of drug-likeness (QED) is 0.908. The third kappa shape index (κ3) is 2.19. The lowest BCUT2D eigenvalue weighted by molar-refractivity contribution is 0.233. The lowest BCUT2D eigenvalue weighted by atomic mass is 9.70. The van der Waals surface area contributed by atoms with Gasteiger partial charge in [0.15, 0.2) is 0 Å². The van der Waals surface area contributed by atoms with Crippen LogP contribution in [0.1, 0.15) is 38.4 Å². The van der Waals surface area contributed by atoms with Crippen molar-refractivity contribution >= 4 is 27.0 Å². The Kier molecular flexibility index (Phi) is 3.63. The minimum Gasteiger partial charge on any atom is -0.331 e. The standard InChI is InChI=1S/C16H22BrN3/c1-11-5-7-16(10-18,8-6-11)15-19-13-9-12(17)3-4-14(13)20(15)2/h3-4,9,11H,5-8,10,18H2,1-2H3. The van der Waals surface area contributed by atoms with Crippen LogP contribution >= 0.6 is 15.9 Å². The average molecular weight is 336 g/mol. The van der Waals surface area contributed by atoms with Gasteiger partial charge in [0.05, 0.1) is 11.0 Å². The van der Waals surface area contributed by atoms with Crippen LogP contribution in [0, 0.1) is 5.92 Å². The Morgan fingerprint density at radius 1 is 1.40 bits per heavy atom. The maximum atomic E-state index is 6.17. The van der Waals surface area contributed by atoms with E-state index in [-0.39, 0.29) is 5.41 Å². The minimum absolute atomic E-state index is 0.0623. The van der Waals surface area contributed by atoms with Crippen molar-refractivity contribution in [2.75, 3.05) is 6.54 Å². The molecule has 0 atom stereocenters. The molecule has 0 amide bonds. The number of nitrogens with two attached hydrogens (primary N) is 1. The number of imidazole rings is 1. The summed E-state index contributed by atoms with van der Waals surface area (Å²) >= 11 is 3.53. The monoisotopic (exact) mass is 335 g/mol. The highest BCUT2D eigenvalue weighted by Gasteiger charge is 2.38. The average Bonchev–Trinajstić information content (AvgIpc) is 2.77. The lowest BCUT2D eigenvalue weighted by Crippen LogP contribution is -2.40. The summed E-state index contributed by atoms with van der Waals surface area (Å²) in [5, 5.41) is 0. The fourth-order valence-electron chi connectivity index (χ4n) is 3.48. The van der Waals surface area contributed by atoms with E-state index in [0.717, 1.165) is 28.7 Å². The summed E-state index contributed by atoms with van der Waals surface area (Å²) in [7, 11) is 2.12. The SMILES string of the molecule is CC1CCC(CN)(c2nc3cc(Br)ccc3n2C)CC1. The van der Waals surface area contributed by atoms with Crippen LogP contribution in [0.2, 0.25) is 0 Å². The van der Waals surface area contributed by atoms with E-state index in [0.29, 0.717) is 6.54 Å². The number of benzene rings is 1. The van der Waals surface area contributed by atoms with Crippen LogP contribution < -0.4 is 5.73 Å². The molecule has 20 heavy (non-hydrogen) atoms. The maximum Gasteiger partial charge on any atom is 0.117 e. The van der Waals surface area contributed by atoms with Gasteiger partial charge in [-0.05, 0) is 49.8 Å². The van der Waals surface area contributed by atoms with Crippen LogP contribution in [0.3, 0.4) is 0 Å². The van der Waals surface area contributed by atoms with Gasteiger partial charge in [-0.15, -0.1) is 0 Å². The first-order chi connectivity index (χ1) is 9.55. The van der Waals surface area contributed by atoms with Crippen LogP contribution in [0.15, 0.2) is 22.7 Å². The molecule has 1 aromatic carbocycles. The van der Waals surface area contributed by atoms with E-state index >= 15 is 0 Å². The first-order valence-corrected chi connectivity index (χ1v) is 8.17. The van der Waals surface area contributed by atoms with Gasteiger partial charge in [0.25, 0.3) is 0 Å². The Bertz CT molecular complexity index is 624. The highest BCUT2D eigenvalue weighted by Crippen LogP contribution is 2.41. The zero-order valence-electron chi connectivity index (χ0n) is 12.2. The van der Waals surface area contributed by atoms with Gasteiger partial charge in [0.2, 0.25) is 0 Å². The fraction of sp³-hybridized carbons (Fsp3) is 0.562. The molecule has 0 saturated heterocycles. The van der Waals surface area contributed by atoms with E-state index < -0.39 is 0 Å². The van der Waals surface area contributed by atoms with Gasteiger partial charge in [-0.1, -0.05) is 22.9 Å². The Morgan fingerprint density at radius 2 is 2.10 bits per heavy atom. The molecule has 0 bridgehead atoms. The molecule has 108 valence electrons. The summed E-state index contributed by atoms with van der Waals surface area (Å²) in [6, 6.07) is 6.30. The van der Waals surface area contributed by atoms with E-state index in [1.807, 2.05) is 0 Å². The Morgan fingerprint density at radius 3 is 2.75 bits per heavy atom. The molecule has 4 heteroatoms. The molecule has 0 unspecified atom stereocenters. The van der Waals surface area contributed by atoms with Crippen LogP contribution in [-0.2, 0) is 12.5 Å². The van der Waals surface area contributed by atoms with Crippen LogP contribution in [0.4, 0.5) is 0 Å². The van der Waals surface area contributed by atoms with Gasteiger partial charge in [-0.25, -0.2) is 4.98 Å². The number of rotatable bonds is 2. The molecule has 1 saturated carbocycles. The van der Waals surface area contributed by atoms with Gasteiger partial charge >= 0.3 is 0 Å². The maximum absolute atomic E-state index is 6.17. The van der Waals surface area contributed by atoms with Gasteiger partial charge in [0.1, 0.15) is 5.82 Å². The molecule has 3 nitrogen and oxygen atoms in total. The molecule has 1 aliphatic rings. The van der Waals surface area contributed by atoms with E-state index in [9.17, 15) is 0 Å². The predicted octanol–water partition coefficient (Wildman–Crippen LogP) is 3.74. The zero-order chi connectivity index (χ0) is 14.3. The van der Waals surface area contributed by atoms with Crippen molar-refractivity contribution in [3.05, 3.63) is 28.5 Å². The zero-order valence-corrected chi connectivity index (χ0v) is 13.8. The molecule has 0 aliphatic heterocycles. The number of nitrogens with zero attached hydrogens (tertiary/aromatic N) is 2. The lowest BCUT2D eigenvalue weighted by Gasteiger charge is -2.37. The van der Waals surface area contributed by atoms with E-state index in [4.69, 9.17) is 10.7 Å². The molecule has 1 fully saturated rings. The molecule has 0 spiro atoms. The van der Waals surface area contributed by atoms with Gasteiger partial charge in [0, 0.05) is 23.5 Å². The molecule has 1 aromatic heterocycles. The second kappa shape index (κ2) is 5.15. The topological polar surface area (TPSA) is 43.8 Å². The summed E-state index contributed by atoms with van der Waals surface area (Å²) in [5.41, 5.74) is 8.48. The largest absolute Gasteiger partial charge is 0.331 e. The van der Waals surface area contributed by atoms with Crippen molar-refractivity contribution in [3.8, 4) is 0 Å². The minimum atomic E-state index is 0.0623. The summed E-state index contributed by atoms with van der Waals surface area (Å²) < 4.78 is 3.32. The molecular formula is C16H22BrN3. The van der Waals surface area contributed by atoms with Gasteiger partial charge < -0.3 is 10.3 Å². The summed E-state index contributed by atoms with van der Waals surface area (Å²) in [6.07, 6.45) is 4.82. The van der Waals surface area contributed by atoms with Crippen molar-refractivity contribution in [1.82, 2.24) is 9.55 Å². The number of aryl methyl sites for hydroxylation is 1. The van der Waals surface area contributed by atoms with Crippen LogP contribution in [0.5, 0.6) is 0 Å².